The number of benzene rings is 2. The fraction of sp³-hybridized carbons (Fsp3) is 0.105. The lowest BCUT2D eigenvalue weighted by molar-refractivity contribution is 0.158. The number of ether oxygens (including phenoxy) is 1. The first-order valence-electron chi connectivity index (χ1n) is 8.00. The molecule has 1 aliphatic carbocycles. The number of carbonyl (C=O) groups excluding carboxylic acids is 1. The van der Waals surface area contributed by atoms with E-state index in [2.05, 4.69) is 39.6 Å². The van der Waals surface area contributed by atoms with Crippen LogP contribution in [0.5, 0.6) is 0 Å². The van der Waals surface area contributed by atoms with E-state index in [4.69, 9.17) is 4.74 Å². The topological polar surface area (TPSA) is 84.1 Å². The molecule has 1 aliphatic rings. The minimum atomic E-state index is -0.636. The van der Waals surface area contributed by atoms with Crippen LogP contribution in [0.15, 0.2) is 59.7 Å². The fourth-order valence-corrected chi connectivity index (χ4v) is 3.63. The summed E-state index contributed by atoms with van der Waals surface area (Å²) in [4.78, 5) is 30.1. The van der Waals surface area contributed by atoms with Crippen LogP contribution in [0.4, 0.5) is 10.6 Å². The highest BCUT2D eigenvalue weighted by molar-refractivity contribution is 14.1. The van der Waals surface area contributed by atoms with Crippen LogP contribution in [-0.2, 0) is 4.74 Å². The molecule has 0 bridgehead atoms. The van der Waals surface area contributed by atoms with Crippen LogP contribution in [0.1, 0.15) is 17.0 Å². The van der Waals surface area contributed by atoms with E-state index in [1.54, 1.807) is 0 Å². The molecule has 7 heteroatoms. The van der Waals surface area contributed by atoms with Gasteiger partial charge >= 0.3 is 6.09 Å². The van der Waals surface area contributed by atoms with Gasteiger partial charge in [0.1, 0.15) is 10.2 Å². The molecule has 6 nitrogen and oxygen atoms in total. The maximum atomic E-state index is 12.2. The lowest BCUT2D eigenvalue weighted by atomic mass is 9.98. The monoisotopic (exact) mass is 459 g/mol. The zero-order chi connectivity index (χ0) is 18.1. The van der Waals surface area contributed by atoms with Crippen molar-refractivity contribution < 1.29 is 9.53 Å². The van der Waals surface area contributed by atoms with Crippen LogP contribution in [0.3, 0.4) is 0 Å². The predicted octanol–water partition coefficient (Wildman–Crippen LogP) is 3.74. The highest BCUT2D eigenvalue weighted by Crippen LogP contribution is 2.44. The number of hydrogen-bond donors (Lipinski definition) is 2. The Balaban J connectivity index is 1.52. The van der Waals surface area contributed by atoms with Crippen LogP contribution in [0, 0.1) is 3.57 Å². The van der Waals surface area contributed by atoms with Crippen LogP contribution in [0.2, 0.25) is 0 Å². The van der Waals surface area contributed by atoms with Crippen molar-refractivity contribution in [2.45, 2.75) is 5.92 Å². The van der Waals surface area contributed by atoms with E-state index in [1.807, 2.05) is 46.9 Å². The number of aromatic nitrogens is 2. The molecule has 0 saturated heterocycles. The summed E-state index contributed by atoms with van der Waals surface area (Å²) in [5.74, 6) is 0.172. The van der Waals surface area contributed by atoms with Gasteiger partial charge in [-0.2, -0.15) is 0 Å². The zero-order valence-electron chi connectivity index (χ0n) is 13.5. The number of rotatable bonds is 3. The maximum absolute atomic E-state index is 12.2. The lowest BCUT2D eigenvalue weighted by Crippen LogP contribution is -2.21. The van der Waals surface area contributed by atoms with Crippen molar-refractivity contribution in [1.82, 2.24) is 9.97 Å². The molecular weight excluding hydrogens is 445 g/mol. The Hall–Kier alpha value is -2.68. The van der Waals surface area contributed by atoms with Crippen molar-refractivity contribution in [1.29, 1.82) is 0 Å². The molecule has 4 rings (SSSR count). The largest absolute Gasteiger partial charge is 0.448 e. The Morgan fingerprint density at radius 1 is 1.12 bits per heavy atom. The van der Waals surface area contributed by atoms with Crippen LogP contribution in [0.25, 0.3) is 11.1 Å². The number of aromatic amines is 1. The van der Waals surface area contributed by atoms with E-state index in [0.717, 1.165) is 11.1 Å². The summed E-state index contributed by atoms with van der Waals surface area (Å²) in [6.07, 6.45) is 0.603. The predicted molar refractivity (Wildman–Crippen MR) is 106 cm³/mol. The Morgan fingerprint density at radius 3 is 2.38 bits per heavy atom. The zero-order valence-corrected chi connectivity index (χ0v) is 15.7. The Morgan fingerprint density at radius 2 is 1.73 bits per heavy atom. The summed E-state index contributed by atoms with van der Waals surface area (Å²) < 4.78 is 5.74. The van der Waals surface area contributed by atoms with E-state index in [-0.39, 0.29) is 23.9 Å². The molecule has 1 aromatic heterocycles. The summed E-state index contributed by atoms with van der Waals surface area (Å²) >= 11 is 1.83. The number of nitrogens with one attached hydrogen (secondary N) is 2. The molecule has 130 valence electrons. The van der Waals surface area contributed by atoms with E-state index in [1.165, 1.54) is 17.5 Å². The Kier molecular flexibility index (Phi) is 4.46. The van der Waals surface area contributed by atoms with Gasteiger partial charge in [0.05, 0.1) is 6.33 Å². The van der Waals surface area contributed by atoms with Gasteiger partial charge in [-0.3, -0.25) is 10.1 Å². The third-order valence-electron chi connectivity index (χ3n) is 4.36. The standard InChI is InChI=1S/C19H14IN3O3/c20-16-17(21-10-22-18(16)24)23-19(25)26-9-15-13-7-3-1-5-11(13)12-6-2-4-8-14(12)15/h1-8,10,15H,9H2,(H2,21,22,23,24,25). The number of amides is 1. The van der Waals surface area contributed by atoms with Crippen LogP contribution in [-0.4, -0.2) is 22.7 Å². The first-order valence-corrected chi connectivity index (χ1v) is 9.08. The van der Waals surface area contributed by atoms with Crippen molar-refractivity contribution in [3.05, 3.63) is 79.9 Å². The van der Waals surface area contributed by atoms with Crippen LogP contribution < -0.4 is 10.9 Å². The van der Waals surface area contributed by atoms with Gasteiger partial charge < -0.3 is 9.72 Å². The van der Waals surface area contributed by atoms with Crippen LogP contribution >= 0.6 is 22.6 Å². The minimum Gasteiger partial charge on any atom is -0.448 e. The van der Waals surface area contributed by atoms with E-state index in [0.29, 0.717) is 3.57 Å². The number of nitrogens with zero attached hydrogens (tertiary/aromatic N) is 1. The quantitative estimate of drug-likeness (QED) is 0.585. The van der Waals surface area contributed by atoms with Gasteiger partial charge in [0.2, 0.25) is 0 Å². The fourth-order valence-electron chi connectivity index (χ4n) is 3.20. The van der Waals surface area contributed by atoms with Gasteiger partial charge in [-0.05, 0) is 44.8 Å². The van der Waals surface area contributed by atoms with Gasteiger partial charge in [0, 0.05) is 5.92 Å². The van der Waals surface area contributed by atoms with Crippen molar-refractivity contribution >= 4 is 34.5 Å². The highest BCUT2D eigenvalue weighted by atomic mass is 127. The van der Waals surface area contributed by atoms with Crippen molar-refractivity contribution in [2.75, 3.05) is 11.9 Å². The summed E-state index contributed by atoms with van der Waals surface area (Å²) in [6, 6.07) is 16.3. The van der Waals surface area contributed by atoms with Gasteiger partial charge in [-0.25, -0.2) is 9.78 Å². The first kappa shape index (κ1) is 16.8. The molecule has 0 spiro atoms. The van der Waals surface area contributed by atoms with E-state index < -0.39 is 6.09 Å². The first-order chi connectivity index (χ1) is 12.6. The molecule has 0 unspecified atom stereocenters. The van der Waals surface area contributed by atoms with Gasteiger partial charge in [0.25, 0.3) is 5.56 Å². The molecule has 1 amide bonds. The smallest absolute Gasteiger partial charge is 0.412 e. The van der Waals surface area contributed by atoms with Gasteiger partial charge in [-0.1, -0.05) is 48.5 Å². The Labute approximate surface area is 162 Å². The summed E-state index contributed by atoms with van der Waals surface area (Å²) in [6.45, 7) is 0.208. The molecule has 0 atom stereocenters. The molecule has 1 heterocycles. The summed E-state index contributed by atoms with van der Waals surface area (Å²) in [5.41, 5.74) is 4.32. The van der Waals surface area contributed by atoms with Gasteiger partial charge in [-0.15, -0.1) is 0 Å². The number of hydrogen-bond acceptors (Lipinski definition) is 4. The molecule has 0 saturated carbocycles. The minimum absolute atomic E-state index is 0.0145. The lowest BCUT2D eigenvalue weighted by Gasteiger charge is -2.14. The maximum Gasteiger partial charge on any atom is 0.412 e. The number of H-pyrrole nitrogens is 1. The molecular formula is C19H14IN3O3. The van der Waals surface area contributed by atoms with E-state index in [9.17, 15) is 9.59 Å². The Bertz CT molecular complexity index is 1000. The average Bonchev–Trinajstić information content (AvgIpc) is 2.98. The van der Waals surface area contributed by atoms with Crippen molar-refractivity contribution in [3.8, 4) is 11.1 Å². The molecule has 26 heavy (non-hydrogen) atoms. The molecule has 0 radical (unpaired) electrons. The second-order valence-corrected chi connectivity index (χ2v) is 6.92. The van der Waals surface area contributed by atoms with Gasteiger partial charge in [0.15, 0.2) is 5.82 Å². The third kappa shape index (κ3) is 2.98. The number of halogens is 1. The summed E-state index contributed by atoms with van der Waals surface area (Å²) in [5, 5.41) is 2.52. The van der Waals surface area contributed by atoms with Crippen molar-refractivity contribution in [2.24, 2.45) is 0 Å². The molecule has 0 fully saturated rings. The number of fused-ring (bicyclic) bond motifs is 3. The third-order valence-corrected chi connectivity index (χ3v) is 5.36. The normalized spacial score (nSPS) is 12.3. The van der Waals surface area contributed by atoms with Crippen molar-refractivity contribution in [3.63, 3.8) is 0 Å². The SMILES string of the molecule is O=C(Nc1nc[nH]c(=O)c1I)OCC1c2ccccc2-c2ccccc21. The molecule has 2 N–H and O–H groups in total. The van der Waals surface area contributed by atoms with E-state index >= 15 is 0 Å². The number of carbonyl (C=O) groups is 1. The highest BCUT2D eigenvalue weighted by Gasteiger charge is 2.29. The second-order valence-electron chi connectivity index (χ2n) is 5.84. The number of anilines is 1. The molecule has 2 aromatic carbocycles. The summed E-state index contributed by atoms with van der Waals surface area (Å²) in [7, 11) is 0. The second kappa shape index (κ2) is 6.91. The molecule has 3 aromatic rings. The molecule has 0 aliphatic heterocycles. The average molecular weight is 459 g/mol.